The van der Waals surface area contributed by atoms with Gasteiger partial charge in [-0.1, -0.05) is 55.2 Å². The van der Waals surface area contributed by atoms with Crippen LogP contribution in [0.4, 0.5) is 5.69 Å². The zero-order chi connectivity index (χ0) is 22.0. The lowest BCUT2D eigenvalue weighted by atomic mass is 9.65. The average Bonchev–Trinajstić information content (AvgIpc) is 2.76. The maximum atomic E-state index is 13.9. The number of fused-ring (bicyclic) bond motifs is 1. The van der Waals surface area contributed by atoms with Gasteiger partial charge < -0.3 is 15.0 Å². The first-order chi connectivity index (χ1) is 15.0. The highest BCUT2D eigenvalue weighted by Gasteiger charge is 2.54. The minimum absolute atomic E-state index is 0.0186. The Hall–Kier alpha value is -2.66. The second kappa shape index (κ2) is 8.83. The molecule has 0 radical (unpaired) electrons. The van der Waals surface area contributed by atoms with Gasteiger partial charge in [-0.2, -0.15) is 0 Å². The largest absolute Gasteiger partial charge is 0.383 e. The topological polar surface area (TPSA) is 58.6 Å². The van der Waals surface area contributed by atoms with Gasteiger partial charge in [0.15, 0.2) is 0 Å². The van der Waals surface area contributed by atoms with Crippen LogP contribution in [0, 0.1) is 13.8 Å². The Balaban J connectivity index is 1.80. The third-order valence-electron chi connectivity index (χ3n) is 6.96. The Morgan fingerprint density at radius 1 is 1.13 bits per heavy atom. The molecule has 5 nitrogen and oxygen atoms in total. The van der Waals surface area contributed by atoms with Crippen molar-refractivity contribution in [3.8, 4) is 0 Å². The zero-order valence-corrected chi connectivity index (χ0v) is 18.7. The van der Waals surface area contributed by atoms with Crippen molar-refractivity contribution >= 4 is 17.5 Å². The number of amides is 2. The molecule has 1 saturated carbocycles. The minimum Gasteiger partial charge on any atom is -0.383 e. The van der Waals surface area contributed by atoms with E-state index in [2.05, 4.69) is 11.4 Å². The molecule has 1 spiro atoms. The fourth-order valence-electron chi connectivity index (χ4n) is 5.51. The monoisotopic (exact) mass is 420 g/mol. The van der Waals surface area contributed by atoms with E-state index >= 15 is 0 Å². The van der Waals surface area contributed by atoms with E-state index in [0.29, 0.717) is 18.7 Å². The first-order valence-electron chi connectivity index (χ1n) is 11.3. The number of carbonyl (C=O) groups is 2. The first-order valence-corrected chi connectivity index (χ1v) is 11.3. The van der Waals surface area contributed by atoms with Crippen LogP contribution < -0.4 is 5.32 Å². The molecule has 164 valence electrons. The molecule has 31 heavy (non-hydrogen) atoms. The molecule has 2 aromatic carbocycles. The Labute approximate surface area is 184 Å². The van der Waals surface area contributed by atoms with Crippen molar-refractivity contribution in [2.45, 2.75) is 57.4 Å². The van der Waals surface area contributed by atoms with E-state index in [1.54, 1.807) is 7.11 Å². The lowest BCUT2D eigenvalue weighted by Gasteiger charge is -2.53. The second-order valence-electron chi connectivity index (χ2n) is 8.94. The summed E-state index contributed by atoms with van der Waals surface area (Å²) in [7, 11) is 1.65. The smallest absolute Gasteiger partial charge is 0.254 e. The summed E-state index contributed by atoms with van der Waals surface area (Å²) in [5, 5.41) is 3.20. The molecule has 1 aliphatic heterocycles. The molecule has 2 aliphatic rings. The molecular weight excluding hydrogens is 388 g/mol. The number of hydrogen-bond donors (Lipinski definition) is 1. The summed E-state index contributed by atoms with van der Waals surface area (Å²) in [4.78, 5) is 29.4. The fourth-order valence-corrected chi connectivity index (χ4v) is 5.51. The molecule has 4 rings (SSSR count). The third kappa shape index (κ3) is 3.87. The minimum atomic E-state index is -0.509. The fraction of sp³-hybridized carbons (Fsp3) is 0.462. The molecule has 2 amide bonds. The van der Waals surface area contributed by atoms with Crippen LogP contribution in [-0.2, 0) is 9.53 Å². The number of nitrogens with one attached hydrogen (secondary N) is 1. The standard InChI is InChI=1S/C26H32N2O3/c1-18-11-12-22(19(2)17-18)27-24(29)23-20-9-5-6-10-21(20)25(30)28(15-16-31-3)26(23)13-7-4-8-14-26/h5-6,9-12,17,23H,4,7-8,13-16H2,1-3H3,(H,27,29)/t23-/m0/s1. The Bertz CT molecular complexity index is 978. The molecular formula is C26H32N2O3. The number of hydrogen-bond acceptors (Lipinski definition) is 3. The van der Waals surface area contributed by atoms with Crippen LogP contribution in [0.2, 0.25) is 0 Å². The summed E-state index contributed by atoms with van der Waals surface area (Å²) < 4.78 is 5.34. The van der Waals surface area contributed by atoms with Gasteiger partial charge >= 0.3 is 0 Å². The van der Waals surface area contributed by atoms with E-state index in [4.69, 9.17) is 4.74 Å². The van der Waals surface area contributed by atoms with Crippen LogP contribution in [0.3, 0.4) is 0 Å². The Morgan fingerprint density at radius 2 is 1.87 bits per heavy atom. The summed E-state index contributed by atoms with van der Waals surface area (Å²) in [6, 6.07) is 13.7. The molecule has 1 fully saturated rings. The van der Waals surface area contributed by atoms with Crippen molar-refractivity contribution in [1.29, 1.82) is 0 Å². The lowest BCUT2D eigenvalue weighted by molar-refractivity contribution is -0.122. The summed E-state index contributed by atoms with van der Waals surface area (Å²) in [5.41, 5.74) is 4.02. The van der Waals surface area contributed by atoms with Crippen molar-refractivity contribution in [2.24, 2.45) is 0 Å². The predicted molar refractivity (Wildman–Crippen MR) is 122 cm³/mol. The van der Waals surface area contributed by atoms with Gasteiger partial charge in [-0.05, 0) is 49.9 Å². The van der Waals surface area contributed by atoms with Crippen LogP contribution in [0.15, 0.2) is 42.5 Å². The van der Waals surface area contributed by atoms with Crippen LogP contribution >= 0.6 is 0 Å². The number of nitrogens with zero attached hydrogens (tertiary/aromatic N) is 1. The summed E-state index contributed by atoms with van der Waals surface area (Å²) in [6.07, 6.45) is 4.85. The summed E-state index contributed by atoms with van der Waals surface area (Å²) >= 11 is 0. The van der Waals surface area contributed by atoms with Gasteiger partial charge in [0.05, 0.1) is 18.1 Å². The van der Waals surface area contributed by atoms with E-state index in [0.717, 1.165) is 48.9 Å². The maximum absolute atomic E-state index is 13.9. The molecule has 0 aromatic heterocycles. The van der Waals surface area contributed by atoms with Crippen LogP contribution in [0.5, 0.6) is 0 Å². The van der Waals surface area contributed by atoms with E-state index in [1.165, 1.54) is 5.56 Å². The van der Waals surface area contributed by atoms with Crippen molar-refractivity contribution in [3.63, 3.8) is 0 Å². The Kier molecular flexibility index (Phi) is 6.15. The highest BCUT2D eigenvalue weighted by atomic mass is 16.5. The number of aryl methyl sites for hydroxylation is 2. The zero-order valence-electron chi connectivity index (χ0n) is 18.7. The van der Waals surface area contributed by atoms with Crippen LogP contribution in [0.25, 0.3) is 0 Å². The van der Waals surface area contributed by atoms with Crippen molar-refractivity contribution in [2.75, 3.05) is 25.6 Å². The summed E-state index contributed by atoms with van der Waals surface area (Å²) in [5.74, 6) is -0.416. The van der Waals surface area contributed by atoms with Crippen molar-refractivity contribution in [1.82, 2.24) is 4.90 Å². The molecule has 5 heteroatoms. The number of carbonyl (C=O) groups excluding carboxylic acids is 2. The number of anilines is 1. The van der Waals surface area contributed by atoms with E-state index < -0.39 is 11.5 Å². The van der Waals surface area contributed by atoms with Gasteiger partial charge in [0.2, 0.25) is 5.91 Å². The van der Waals surface area contributed by atoms with Gasteiger partial charge in [-0.15, -0.1) is 0 Å². The summed E-state index contributed by atoms with van der Waals surface area (Å²) in [6.45, 7) is 5.02. The molecule has 0 unspecified atom stereocenters. The van der Waals surface area contributed by atoms with E-state index in [9.17, 15) is 9.59 Å². The number of rotatable bonds is 5. The lowest BCUT2D eigenvalue weighted by Crippen LogP contribution is -2.62. The number of methoxy groups -OCH3 is 1. The van der Waals surface area contributed by atoms with Crippen LogP contribution in [-0.4, -0.2) is 42.5 Å². The highest BCUT2D eigenvalue weighted by Crippen LogP contribution is 2.49. The number of ether oxygens (including phenoxy) is 1. The third-order valence-corrected chi connectivity index (χ3v) is 6.96. The maximum Gasteiger partial charge on any atom is 0.254 e. The average molecular weight is 421 g/mol. The van der Waals surface area contributed by atoms with Gasteiger partial charge in [0, 0.05) is 24.9 Å². The second-order valence-corrected chi connectivity index (χ2v) is 8.94. The Morgan fingerprint density at radius 3 is 2.58 bits per heavy atom. The quantitative estimate of drug-likeness (QED) is 0.754. The predicted octanol–water partition coefficient (Wildman–Crippen LogP) is 4.83. The first kappa shape index (κ1) is 21.6. The molecule has 1 aliphatic carbocycles. The molecule has 1 atom stereocenters. The molecule has 0 saturated heterocycles. The van der Waals surface area contributed by atoms with Crippen molar-refractivity contribution in [3.05, 3.63) is 64.7 Å². The molecule has 1 N–H and O–H groups in total. The van der Waals surface area contributed by atoms with Gasteiger partial charge in [0.1, 0.15) is 0 Å². The van der Waals surface area contributed by atoms with Gasteiger partial charge in [-0.25, -0.2) is 0 Å². The van der Waals surface area contributed by atoms with Crippen molar-refractivity contribution < 1.29 is 14.3 Å². The molecule has 1 heterocycles. The highest BCUT2D eigenvalue weighted by molar-refractivity contribution is 6.05. The molecule has 2 aromatic rings. The normalized spacial score (nSPS) is 19.9. The van der Waals surface area contributed by atoms with Crippen LogP contribution in [0.1, 0.15) is 65.1 Å². The van der Waals surface area contributed by atoms with Gasteiger partial charge in [-0.3, -0.25) is 9.59 Å². The number of benzene rings is 2. The molecule has 0 bridgehead atoms. The SMILES string of the molecule is COCCN1C(=O)c2ccccc2[C@@H](C(=O)Nc2ccc(C)cc2C)C12CCCCC2. The van der Waals surface area contributed by atoms with E-state index in [1.807, 2.05) is 55.1 Å². The van der Waals surface area contributed by atoms with Gasteiger partial charge in [0.25, 0.3) is 5.91 Å². The van der Waals surface area contributed by atoms with E-state index in [-0.39, 0.29) is 11.8 Å².